The summed E-state index contributed by atoms with van der Waals surface area (Å²) in [4.78, 5) is 0. The van der Waals surface area contributed by atoms with Crippen LogP contribution in [-0.4, -0.2) is 6.21 Å². The molecule has 2 aromatic rings. The molecule has 2 rings (SSSR count). The molecule has 2 aromatic carbocycles. The van der Waals surface area contributed by atoms with Gasteiger partial charge < -0.3 is 0 Å². The van der Waals surface area contributed by atoms with E-state index in [-0.39, 0.29) is 5.56 Å². The van der Waals surface area contributed by atoms with Crippen LogP contribution in [0.2, 0.25) is 0 Å². The monoisotopic (exact) mass is 282 g/mol. The Morgan fingerprint density at radius 1 is 1.00 bits per heavy atom. The molecule has 0 aliphatic heterocycles. The summed E-state index contributed by atoms with van der Waals surface area (Å²) in [5.41, 5.74) is 2.30. The van der Waals surface area contributed by atoms with Crippen LogP contribution in [-0.2, 0) is 6.18 Å². The maximum absolute atomic E-state index is 13.1. The highest BCUT2D eigenvalue weighted by Crippen LogP contribution is 2.30. The van der Waals surface area contributed by atoms with E-state index >= 15 is 0 Å². The zero-order valence-electron chi connectivity index (χ0n) is 10.2. The summed E-state index contributed by atoms with van der Waals surface area (Å²) in [7, 11) is 0. The molecular formula is C14H10F4N2. The number of nitrogens with zero attached hydrogens (tertiary/aromatic N) is 1. The van der Waals surface area contributed by atoms with E-state index in [9.17, 15) is 17.6 Å². The van der Waals surface area contributed by atoms with Gasteiger partial charge in [-0.2, -0.15) is 18.3 Å². The zero-order valence-corrected chi connectivity index (χ0v) is 10.2. The van der Waals surface area contributed by atoms with Crippen LogP contribution in [0.5, 0.6) is 0 Å². The van der Waals surface area contributed by atoms with E-state index in [0.29, 0.717) is 11.8 Å². The van der Waals surface area contributed by atoms with Crippen molar-refractivity contribution in [3.8, 4) is 0 Å². The minimum Gasteiger partial charge on any atom is -0.279 e. The third kappa shape index (κ3) is 3.81. The largest absolute Gasteiger partial charge is 0.416 e. The van der Waals surface area contributed by atoms with Gasteiger partial charge in [0.15, 0.2) is 0 Å². The minimum absolute atomic E-state index is 0.0285. The van der Waals surface area contributed by atoms with Crippen molar-refractivity contribution in [1.29, 1.82) is 0 Å². The highest BCUT2D eigenvalue weighted by Gasteiger charge is 2.31. The summed E-state index contributed by atoms with van der Waals surface area (Å²) < 4.78 is 50.7. The molecular weight excluding hydrogens is 272 g/mol. The van der Waals surface area contributed by atoms with Crippen LogP contribution in [0.25, 0.3) is 0 Å². The third-order valence-electron chi connectivity index (χ3n) is 2.43. The fourth-order valence-electron chi connectivity index (χ4n) is 1.54. The molecule has 20 heavy (non-hydrogen) atoms. The smallest absolute Gasteiger partial charge is 0.279 e. The lowest BCUT2D eigenvalue weighted by molar-refractivity contribution is -0.137. The highest BCUT2D eigenvalue weighted by molar-refractivity contribution is 5.80. The van der Waals surface area contributed by atoms with E-state index < -0.39 is 17.6 Å². The lowest BCUT2D eigenvalue weighted by atomic mass is 10.1. The van der Waals surface area contributed by atoms with Crippen molar-refractivity contribution < 1.29 is 17.6 Å². The Hall–Kier alpha value is -2.37. The number of hydrazone groups is 1. The summed E-state index contributed by atoms with van der Waals surface area (Å²) in [6.45, 7) is 0. The van der Waals surface area contributed by atoms with E-state index in [1.807, 2.05) is 6.07 Å². The summed E-state index contributed by atoms with van der Waals surface area (Å²) in [6.07, 6.45) is -3.46. The van der Waals surface area contributed by atoms with E-state index in [2.05, 4.69) is 10.5 Å². The molecule has 0 heterocycles. The van der Waals surface area contributed by atoms with Gasteiger partial charge in [0.1, 0.15) is 5.82 Å². The van der Waals surface area contributed by atoms with E-state index in [4.69, 9.17) is 0 Å². The molecule has 2 nitrogen and oxygen atoms in total. The summed E-state index contributed by atoms with van der Waals surface area (Å²) in [5.74, 6) is -0.957. The molecule has 0 radical (unpaired) electrons. The van der Waals surface area contributed by atoms with E-state index in [1.165, 1.54) is 0 Å². The van der Waals surface area contributed by atoms with Gasteiger partial charge in [-0.25, -0.2) is 4.39 Å². The lowest BCUT2D eigenvalue weighted by Crippen LogP contribution is -2.06. The maximum Gasteiger partial charge on any atom is 0.416 e. The van der Waals surface area contributed by atoms with E-state index in [1.54, 1.807) is 24.3 Å². The minimum atomic E-state index is -4.59. The van der Waals surface area contributed by atoms with Crippen molar-refractivity contribution in [2.75, 3.05) is 5.43 Å². The average molecular weight is 282 g/mol. The van der Waals surface area contributed by atoms with Gasteiger partial charge in [0.25, 0.3) is 0 Å². The second-order valence-corrected chi connectivity index (χ2v) is 4.01. The number of rotatable bonds is 3. The van der Waals surface area contributed by atoms with Gasteiger partial charge in [-0.05, 0) is 35.9 Å². The number of para-hydroxylation sites is 1. The molecule has 0 amide bonds. The number of benzene rings is 2. The molecule has 0 saturated carbocycles. The van der Waals surface area contributed by atoms with Gasteiger partial charge in [-0.15, -0.1) is 0 Å². The fourth-order valence-corrected chi connectivity index (χ4v) is 1.54. The second-order valence-electron chi connectivity index (χ2n) is 4.01. The van der Waals surface area contributed by atoms with Gasteiger partial charge in [-0.1, -0.05) is 18.2 Å². The van der Waals surface area contributed by atoms with Crippen LogP contribution in [0.3, 0.4) is 0 Å². The van der Waals surface area contributed by atoms with Gasteiger partial charge in [0, 0.05) is 0 Å². The Balaban J connectivity index is 2.15. The van der Waals surface area contributed by atoms with Gasteiger partial charge in [0.05, 0.1) is 17.5 Å². The van der Waals surface area contributed by atoms with Crippen molar-refractivity contribution in [2.24, 2.45) is 5.10 Å². The first-order valence-corrected chi connectivity index (χ1v) is 5.67. The van der Waals surface area contributed by atoms with Crippen LogP contribution >= 0.6 is 0 Å². The summed E-state index contributed by atoms with van der Waals surface area (Å²) in [6, 6.07) is 11.1. The number of hydrogen-bond acceptors (Lipinski definition) is 2. The third-order valence-corrected chi connectivity index (χ3v) is 2.43. The molecule has 0 spiro atoms. The molecule has 0 atom stereocenters. The van der Waals surface area contributed by atoms with Crippen LogP contribution in [0.1, 0.15) is 11.1 Å². The van der Waals surface area contributed by atoms with Crippen molar-refractivity contribution in [1.82, 2.24) is 0 Å². The first kappa shape index (κ1) is 14.0. The van der Waals surface area contributed by atoms with E-state index in [0.717, 1.165) is 18.3 Å². The number of nitrogens with one attached hydrogen (secondary N) is 1. The molecule has 0 unspecified atom stereocenters. The predicted molar refractivity (Wildman–Crippen MR) is 69.1 cm³/mol. The first-order valence-electron chi connectivity index (χ1n) is 5.67. The summed E-state index contributed by atoms with van der Waals surface area (Å²) >= 11 is 0. The average Bonchev–Trinajstić information content (AvgIpc) is 2.38. The Morgan fingerprint density at radius 3 is 2.35 bits per heavy atom. The number of hydrogen-bond donors (Lipinski definition) is 1. The standard InChI is InChI=1S/C14H10F4N2/c15-12-7-10(6-11(8-12)14(16,17)18)9-19-20-13-4-2-1-3-5-13/h1-9,20H. The molecule has 6 heteroatoms. The Kier molecular flexibility index (Phi) is 4.02. The van der Waals surface area contributed by atoms with Crippen LogP contribution in [0.4, 0.5) is 23.2 Å². The van der Waals surface area contributed by atoms with Crippen molar-refractivity contribution in [3.05, 3.63) is 65.5 Å². The SMILES string of the molecule is Fc1cc(C=NNc2ccccc2)cc(C(F)(F)F)c1. The predicted octanol–water partition coefficient (Wildman–Crippen LogP) is 4.29. The quantitative estimate of drug-likeness (QED) is 0.507. The molecule has 0 saturated heterocycles. The topological polar surface area (TPSA) is 24.4 Å². The normalized spacial score (nSPS) is 11.8. The van der Waals surface area contributed by atoms with Crippen LogP contribution in [0.15, 0.2) is 53.6 Å². The maximum atomic E-state index is 13.1. The highest BCUT2D eigenvalue weighted by atomic mass is 19.4. The number of alkyl halides is 3. The molecule has 0 aliphatic carbocycles. The van der Waals surface area contributed by atoms with Gasteiger partial charge in [0.2, 0.25) is 0 Å². The number of halogens is 4. The van der Waals surface area contributed by atoms with Crippen LogP contribution in [0, 0.1) is 5.82 Å². The molecule has 0 aliphatic rings. The lowest BCUT2D eigenvalue weighted by Gasteiger charge is -2.07. The van der Waals surface area contributed by atoms with Gasteiger partial charge >= 0.3 is 6.18 Å². The zero-order chi connectivity index (χ0) is 14.6. The number of anilines is 1. The Morgan fingerprint density at radius 2 is 1.70 bits per heavy atom. The summed E-state index contributed by atoms with van der Waals surface area (Å²) in [5, 5.41) is 3.77. The molecule has 1 N–H and O–H groups in total. The van der Waals surface area contributed by atoms with Crippen molar-refractivity contribution in [2.45, 2.75) is 6.18 Å². The first-order chi connectivity index (χ1) is 9.45. The molecule has 104 valence electrons. The fraction of sp³-hybridized carbons (Fsp3) is 0.0714. The van der Waals surface area contributed by atoms with Crippen molar-refractivity contribution in [3.63, 3.8) is 0 Å². The Bertz CT molecular complexity index is 606. The Labute approximate surface area is 112 Å². The molecule has 0 bridgehead atoms. The molecule has 0 aromatic heterocycles. The molecule has 0 fully saturated rings. The van der Waals surface area contributed by atoms with Crippen LogP contribution < -0.4 is 5.43 Å². The van der Waals surface area contributed by atoms with Crippen molar-refractivity contribution >= 4 is 11.9 Å². The second kappa shape index (κ2) is 5.73. The van der Waals surface area contributed by atoms with Gasteiger partial charge in [-0.3, -0.25) is 5.43 Å².